The molecule has 0 N–H and O–H groups in total. The van der Waals surface area contributed by atoms with Gasteiger partial charge in [0.25, 0.3) is 0 Å². The van der Waals surface area contributed by atoms with Gasteiger partial charge in [-0.1, -0.05) is 12.6 Å². The van der Waals surface area contributed by atoms with E-state index in [0.717, 1.165) is 6.04 Å². The standard InChI is InChI=1S/C8H14O3Si/c1-12-5-3-7(9)6-2-4-11-8(6)10/h6H,2-5,12H2,1H3. The zero-order chi connectivity index (χ0) is 8.97. The summed E-state index contributed by atoms with van der Waals surface area (Å²) in [6, 6.07) is 1.02. The summed E-state index contributed by atoms with van der Waals surface area (Å²) < 4.78 is 4.72. The highest BCUT2D eigenvalue weighted by Crippen LogP contribution is 2.17. The minimum Gasteiger partial charge on any atom is -0.465 e. The van der Waals surface area contributed by atoms with Crippen molar-refractivity contribution < 1.29 is 14.3 Å². The predicted octanol–water partition coefficient (Wildman–Crippen LogP) is 0.144. The molecule has 0 saturated carbocycles. The van der Waals surface area contributed by atoms with Crippen LogP contribution in [-0.2, 0) is 14.3 Å². The van der Waals surface area contributed by atoms with Crippen molar-refractivity contribution in [3.05, 3.63) is 0 Å². The highest BCUT2D eigenvalue weighted by Gasteiger charge is 2.32. The molecule has 0 aromatic carbocycles. The molecule has 3 nitrogen and oxygen atoms in total. The third kappa shape index (κ3) is 2.17. The Morgan fingerprint density at radius 3 is 3.00 bits per heavy atom. The SMILES string of the molecule is C[SiH2]CCC(=O)C1CCOC1=O. The number of Topliss-reactive ketones (excluding diaryl/α,β-unsaturated/α-hetero) is 1. The fraction of sp³-hybridized carbons (Fsp3) is 0.750. The van der Waals surface area contributed by atoms with Crippen LogP contribution in [0.3, 0.4) is 0 Å². The molecule has 1 saturated heterocycles. The third-order valence-corrected chi connectivity index (χ3v) is 3.16. The van der Waals surface area contributed by atoms with Gasteiger partial charge in [0.15, 0.2) is 0 Å². The lowest BCUT2D eigenvalue weighted by atomic mass is 10.0. The number of ketones is 1. The molecular weight excluding hydrogens is 172 g/mol. The molecule has 0 radical (unpaired) electrons. The summed E-state index contributed by atoms with van der Waals surface area (Å²) in [5.41, 5.74) is 0. The van der Waals surface area contributed by atoms with Crippen molar-refractivity contribution >= 4 is 21.3 Å². The maximum absolute atomic E-state index is 11.3. The Balaban J connectivity index is 2.36. The molecule has 0 aromatic heterocycles. The van der Waals surface area contributed by atoms with E-state index >= 15 is 0 Å². The number of carbonyl (C=O) groups is 2. The van der Waals surface area contributed by atoms with Crippen molar-refractivity contribution in [2.45, 2.75) is 25.4 Å². The minimum absolute atomic E-state index is 0.0455. The average Bonchev–Trinajstić information content (AvgIpc) is 2.47. The van der Waals surface area contributed by atoms with Crippen LogP contribution in [0.1, 0.15) is 12.8 Å². The Labute approximate surface area is 74.3 Å². The fourth-order valence-electron chi connectivity index (χ4n) is 1.31. The van der Waals surface area contributed by atoms with Crippen LogP contribution >= 0.6 is 0 Å². The Morgan fingerprint density at radius 2 is 2.50 bits per heavy atom. The Morgan fingerprint density at radius 1 is 1.75 bits per heavy atom. The number of rotatable bonds is 4. The molecule has 12 heavy (non-hydrogen) atoms. The van der Waals surface area contributed by atoms with Crippen molar-refractivity contribution in [3.8, 4) is 0 Å². The first-order chi connectivity index (χ1) is 5.75. The second kappa shape index (κ2) is 4.40. The van der Waals surface area contributed by atoms with Crippen LogP contribution in [0.25, 0.3) is 0 Å². The fourth-order valence-corrected chi connectivity index (χ4v) is 2.02. The van der Waals surface area contributed by atoms with Crippen LogP contribution in [0, 0.1) is 5.92 Å². The summed E-state index contributed by atoms with van der Waals surface area (Å²) in [5.74, 6) is -0.643. The van der Waals surface area contributed by atoms with Crippen LogP contribution in [0.5, 0.6) is 0 Å². The van der Waals surface area contributed by atoms with Gasteiger partial charge in [-0.2, -0.15) is 0 Å². The van der Waals surface area contributed by atoms with Gasteiger partial charge in [0.1, 0.15) is 11.7 Å². The third-order valence-electron chi connectivity index (χ3n) is 2.10. The molecule has 0 bridgehead atoms. The highest BCUT2D eigenvalue weighted by atomic mass is 28.2. The molecule has 1 heterocycles. The molecule has 1 unspecified atom stereocenters. The normalized spacial score (nSPS) is 23.4. The van der Waals surface area contributed by atoms with Gasteiger partial charge < -0.3 is 4.74 Å². The quantitative estimate of drug-likeness (QED) is 0.356. The molecule has 0 aliphatic carbocycles. The lowest BCUT2D eigenvalue weighted by Gasteiger charge is -2.02. The van der Waals surface area contributed by atoms with Crippen LogP contribution in [-0.4, -0.2) is 27.9 Å². The lowest BCUT2D eigenvalue weighted by molar-refractivity contribution is -0.144. The number of cyclic esters (lactones) is 1. The van der Waals surface area contributed by atoms with E-state index in [1.807, 2.05) is 0 Å². The zero-order valence-corrected chi connectivity index (χ0v) is 8.75. The molecule has 1 aliphatic rings. The first-order valence-electron chi connectivity index (χ1n) is 4.45. The number of ether oxygens (including phenoxy) is 1. The minimum atomic E-state index is -0.425. The first-order valence-corrected chi connectivity index (χ1v) is 6.86. The number of carbonyl (C=O) groups excluding carboxylic acids is 2. The Kier molecular flexibility index (Phi) is 3.46. The van der Waals surface area contributed by atoms with E-state index in [4.69, 9.17) is 4.74 Å². The van der Waals surface area contributed by atoms with E-state index in [0.29, 0.717) is 19.4 Å². The highest BCUT2D eigenvalue weighted by molar-refractivity contribution is 6.34. The van der Waals surface area contributed by atoms with Crippen molar-refractivity contribution in [3.63, 3.8) is 0 Å². The van der Waals surface area contributed by atoms with Crippen LogP contribution in [0.2, 0.25) is 12.6 Å². The predicted molar refractivity (Wildman–Crippen MR) is 47.9 cm³/mol. The maximum Gasteiger partial charge on any atom is 0.316 e. The van der Waals surface area contributed by atoms with Crippen LogP contribution in [0.15, 0.2) is 0 Å². The molecule has 1 aliphatic heterocycles. The van der Waals surface area contributed by atoms with E-state index in [-0.39, 0.29) is 21.3 Å². The lowest BCUT2D eigenvalue weighted by Crippen LogP contribution is -2.19. The molecule has 0 amide bonds. The van der Waals surface area contributed by atoms with Crippen molar-refractivity contribution in [1.29, 1.82) is 0 Å². The van der Waals surface area contributed by atoms with Crippen LogP contribution in [0.4, 0.5) is 0 Å². The van der Waals surface area contributed by atoms with Gasteiger partial charge in [0, 0.05) is 22.4 Å². The zero-order valence-electron chi connectivity index (χ0n) is 7.34. The van der Waals surface area contributed by atoms with Crippen LogP contribution < -0.4 is 0 Å². The molecule has 0 aromatic rings. The second-order valence-corrected chi connectivity index (χ2v) is 4.79. The summed E-state index contributed by atoms with van der Waals surface area (Å²) in [5, 5.41) is 0. The van der Waals surface area contributed by atoms with E-state index < -0.39 is 5.92 Å². The molecule has 68 valence electrons. The van der Waals surface area contributed by atoms with Gasteiger partial charge in [-0.25, -0.2) is 0 Å². The molecular formula is C8H14O3Si. The summed E-state index contributed by atoms with van der Waals surface area (Å²) in [4.78, 5) is 22.3. The van der Waals surface area contributed by atoms with E-state index in [1.54, 1.807) is 0 Å². The first kappa shape index (κ1) is 9.44. The number of hydrogen-bond donors (Lipinski definition) is 0. The van der Waals surface area contributed by atoms with E-state index in [1.165, 1.54) is 0 Å². The van der Waals surface area contributed by atoms with Crippen molar-refractivity contribution in [1.82, 2.24) is 0 Å². The molecule has 1 rings (SSSR count). The van der Waals surface area contributed by atoms with Crippen molar-refractivity contribution in [2.24, 2.45) is 5.92 Å². The van der Waals surface area contributed by atoms with Gasteiger partial charge in [0.05, 0.1) is 6.61 Å². The second-order valence-electron chi connectivity index (χ2n) is 3.08. The molecule has 1 atom stereocenters. The molecule has 0 spiro atoms. The Hall–Kier alpha value is -0.643. The number of esters is 1. The van der Waals surface area contributed by atoms with Gasteiger partial charge in [-0.15, -0.1) is 0 Å². The van der Waals surface area contributed by atoms with E-state index in [2.05, 4.69) is 6.55 Å². The van der Waals surface area contributed by atoms with Gasteiger partial charge in [0.2, 0.25) is 0 Å². The van der Waals surface area contributed by atoms with Crippen molar-refractivity contribution in [2.75, 3.05) is 6.61 Å². The molecule has 4 heteroatoms. The summed E-state index contributed by atoms with van der Waals surface area (Å²) in [6.45, 7) is 2.60. The maximum atomic E-state index is 11.3. The monoisotopic (exact) mass is 186 g/mol. The summed E-state index contributed by atoms with van der Waals surface area (Å²) >= 11 is 0. The summed E-state index contributed by atoms with van der Waals surface area (Å²) in [6.07, 6.45) is 1.19. The molecule has 1 fully saturated rings. The van der Waals surface area contributed by atoms with Gasteiger partial charge in [-0.05, 0) is 0 Å². The van der Waals surface area contributed by atoms with E-state index in [9.17, 15) is 9.59 Å². The topological polar surface area (TPSA) is 43.4 Å². The largest absolute Gasteiger partial charge is 0.465 e. The van der Waals surface area contributed by atoms with Gasteiger partial charge >= 0.3 is 5.97 Å². The Bertz CT molecular complexity index is 191. The number of hydrogen-bond acceptors (Lipinski definition) is 3. The van der Waals surface area contributed by atoms with Gasteiger partial charge in [-0.3, -0.25) is 9.59 Å². The average molecular weight is 186 g/mol. The smallest absolute Gasteiger partial charge is 0.316 e. The summed E-state index contributed by atoms with van der Waals surface area (Å²) in [7, 11) is -0.0455.